The van der Waals surface area contributed by atoms with Gasteiger partial charge in [-0.15, -0.1) is 0 Å². The Hall–Kier alpha value is -2.03. The molecular formula is C24H35NO2. The topological polar surface area (TPSA) is 38.3 Å². The second kappa shape index (κ2) is 13.2. The van der Waals surface area contributed by atoms with Crippen LogP contribution in [-0.4, -0.2) is 19.1 Å². The van der Waals surface area contributed by atoms with Crippen molar-refractivity contribution in [2.45, 2.75) is 71.1 Å². The molecule has 148 valence electrons. The molecule has 0 heterocycles. The Morgan fingerprint density at radius 2 is 1.44 bits per heavy atom. The summed E-state index contributed by atoms with van der Waals surface area (Å²) in [6.45, 7) is 3.40. The molecule has 0 aliphatic rings. The predicted molar refractivity (Wildman–Crippen MR) is 115 cm³/mol. The van der Waals surface area contributed by atoms with Crippen molar-refractivity contribution in [2.75, 3.05) is 18.5 Å². The van der Waals surface area contributed by atoms with Crippen LogP contribution in [0.2, 0.25) is 0 Å². The standard InChI is InChI=1S/C24H35NO2/c1-2-27-24(26)19-10-8-6-4-3-5-7-9-13-20-25-23-18-14-16-21-15-11-12-17-22(21)23/h11-12,14-18,25H,2-10,13,19-20H2,1H3. The van der Waals surface area contributed by atoms with E-state index < -0.39 is 0 Å². The van der Waals surface area contributed by atoms with Crippen molar-refractivity contribution in [1.29, 1.82) is 0 Å². The lowest BCUT2D eigenvalue weighted by molar-refractivity contribution is -0.143. The zero-order chi connectivity index (χ0) is 19.2. The van der Waals surface area contributed by atoms with E-state index in [0.29, 0.717) is 13.0 Å². The molecule has 0 aromatic heterocycles. The summed E-state index contributed by atoms with van der Waals surface area (Å²) >= 11 is 0. The summed E-state index contributed by atoms with van der Waals surface area (Å²) in [5.41, 5.74) is 1.25. The second-order valence-corrected chi connectivity index (χ2v) is 7.19. The number of hydrogen-bond donors (Lipinski definition) is 1. The number of unbranched alkanes of at least 4 members (excludes halogenated alkanes) is 8. The van der Waals surface area contributed by atoms with Gasteiger partial charge in [0.15, 0.2) is 0 Å². The van der Waals surface area contributed by atoms with Crippen molar-refractivity contribution in [2.24, 2.45) is 0 Å². The van der Waals surface area contributed by atoms with Gasteiger partial charge in [0.05, 0.1) is 6.61 Å². The highest BCUT2D eigenvalue weighted by Crippen LogP contribution is 2.23. The Labute approximate surface area is 164 Å². The van der Waals surface area contributed by atoms with Gasteiger partial charge < -0.3 is 10.1 Å². The van der Waals surface area contributed by atoms with Crippen LogP contribution < -0.4 is 5.32 Å². The highest BCUT2D eigenvalue weighted by Gasteiger charge is 2.01. The maximum atomic E-state index is 11.2. The Bertz CT molecular complexity index is 663. The van der Waals surface area contributed by atoms with Gasteiger partial charge in [-0.2, -0.15) is 0 Å². The van der Waals surface area contributed by atoms with Crippen LogP contribution in [-0.2, 0) is 9.53 Å². The largest absolute Gasteiger partial charge is 0.466 e. The van der Waals surface area contributed by atoms with Gasteiger partial charge in [-0.3, -0.25) is 4.79 Å². The van der Waals surface area contributed by atoms with E-state index in [-0.39, 0.29) is 5.97 Å². The first-order chi connectivity index (χ1) is 13.3. The second-order valence-electron chi connectivity index (χ2n) is 7.19. The van der Waals surface area contributed by atoms with Crippen molar-refractivity contribution >= 4 is 22.4 Å². The summed E-state index contributed by atoms with van der Waals surface area (Å²) in [4.78, 5) is 11.2. The third kappa shape index (κ3) is 8.47. The number of hydrogen-bond acceptors (Lipinski definition) is 3. The van der Waals surface area contributed by atoms with E-state index in [1.807, 2.05) is 6.92 Å². The van der Waals surface area contributed by atoms with Gasteiger partial charge in [0.1, 0.15) is 0 Å². The van der Waals surface area contributed by atoms with Crippen LogP contribution in [0.3, 0.4) is 0 Å². The van der Waals surface area contributed by atoms with Crippen molar-refractivity contribution in [3.05, 3.63) is 42.5 Å². The molecule has 0 bridgehead atoms. The average Bonchev–Trinajstić information content (AvgIpc) is 2.69. The third-order valence-electron chi connectivity index (χ3n) is 4.97. The quantitative estimate of drug-likeness (QED) is 0.297. The average molecular weight is 370 g/mol. The van der Waals surface area contributed by atoms with E-state index in [1.54, 1.807) is 0 Å². The maximum Gasteiger partial charge on any atom is 0.305 e. The zero-order valence-corrected chi connectivity index (χ0v) is 16.8. The van der Waals surface area contributed by atoms with Crippen LogP contribution >= 0.6 is 0 Å². The van der Waals surface area contributed by atoms with Crippen LogP contribution in [0.4, 0.5) is 5.69 Å². The minimum absolute atomic E-state index is 0.0467. The number of anilines is 1. The highest BCUT2D eigenvalue weighted by molar-refractivity contribution is 5.93. The molecule has 0 radical (unpaired) electrons. The molecule has 0 amide bonds. The number of carbonyl (C=O) groups is 1. The van der Waals surface area contributed by atoms with Crippen molar-refractivity contribution in [1.82, 2.24) is 0 Å². The lowest BCUT2D eigenvalue weighted by Gasteiger charge is -2.09. The van der Waals surface area contributed by atoms with E-state index in [2.05, 4.69) is 47.8 Å². The lowest BCUT2D eigenvalue weighted by Crippen LogP contribution is -2.03. The fraction of sp³-hybridized carbons (Fsp3) is 0.542. The summed E-state index contributed by atoms with van der Waals surface area (Å²) < 4.78 is 4.94. The van der Waals surface area contributed by atoms with Gasteiger partial charge in [-0.1, -0.05) is 81.3 Å². The Morgan fingerprint density at radius 1 is 0.815 bits per heavy atom. The highest BCUT2D eigenvalue weighted by atomic mass is 16.5. The molecule has 2 aromatic carbocycles. The molecule has 0 saturated heterocycles. The molecule has 27 heavy (non-hydrogen) atoms. The molecule has 3 heteroatoms. The number of ether oxygens (including phenoxy) is 1. The van der Waals surface area contributed by atoms with Crippen molar-refractivity contribution in [3.8, 4) is 0 Å². The molecule has 0 fully saturated rings. The van der Waals surface area contributed by atoms with Gasteiger partial charge >= 0.3 is 5.97 Å². The first-order valence-electron chi connectivity index (χ1n) is 10.7. The van der Waals surface area contributed by atoms with Crippen molar-refractivity contribution < 1.29 is 9.53 Å². The van der Waals surface area contributed by atoms with Gasteiger partial charge in [0.25, 0.3) is 0 Å². The Morgan fingerprint density at radius 3 is 2.19 bits per heavy atom. The van der Waals surface area contributed by atoms with Crippen LogP contribution in [0.5, 0.6) is 0 Å². The first-order valence-corrected chi connectivity index (χ1v) is 10.7. The van der Waals surface area contributed by atoms with E-state index in [4.69, 9.17) is 4.74 Å². The smallest absolute Gasteiger partial charge is 0.305 e. The molecule has 1 N–H and O–H groups in total. The molecule has 2 rings (SSSR count). The maximum absolute atomic E-state index is 11.2. The molecular weight excluding hydrogens is 334 g/mol. The normalized spacial score (nSPS) is 10.9. The van der Waals surface area contributed by atoms with E-state index >= 15 is 0 Å². The minimum atomic E-state index is -0.0467. The van der Waals surface area contributed by atoms with Gasteiger partial charge in [0, 0.05) is 24.0 Å². The molecule has 2 aromatic rings. The van der Waals surface area contributed by atoms with Crippen LogP contribution in [0.25, 0.3) is 10.8 Å². The Balaban J connectivity index is 1.43. The van der Waals surface area contributed by atoms with E-state index in [0.717, 1.165) is 19.4 Å². The molecule has 0 atom stereocenters. The fourth-order valence-corrected chi connectivity index (χ4v) is 3.47. The zero-order valence-electron chi connectivity index (χ0n) is 16.8. The minimum Gasteiger partial charge on any atom is -0.466 e. The number of carbonyl (C=O) groups excluding carboxylic acids is 1. The van der Waals surface area contributed by atoms with Gasteiger partial charge in [-0.25, -0.2) is 0 Å². The Kier molecular flexibility index (Phi) is 10.4. The fourth-order valence-electron chi connectivity index (χ4n) is 3.47. The number of rotatable bonds is 14. The molecule has 0 unspecified atom stereocenters. The molecule has 0 saturated carbocycles. The molecule has 0 spiro atoms. The first kappa shape index (κ1) is 21.3. The lowest BCUT2D eigenvalue weighted by atomic mass is 10.1. The molecule has 0 aliphatic carbocycles. The summed E-state index contributed by atoms with van der Waals surface area (Å²) in [6, 6.07) is 15.0. The molecule has 3 nitrogen and oxygen atoms in total. The SMILES string of the molecule is CCOC(=O)CCCCCCCCCCCNc1cccc2ccccc12. The summed E-state index contributed by atoms with van der Waals surface area (Å²) in [5, 5.41) is 6.20. The van der Waals surface area contributed by atoms with Crippen LogP contribution in [0, 0.1) is 0 Å². The number of nitrogens with one attached hydrogen (secondary N) is 1. The number of fused-ring (bicyclic) bond motifs is 1. The van der Waals surface area contributed by atoms with Gasteiger partial charge in [0.2, 0.25) is 0 Å². The molecule has 0 aliphatic heterocycles. The summed E-state index contributed by atoms with van der Waals surface area (Å²) in [6.07, 6.45) is 11.7. The predicted octanol–water partition coefficient (Wildman–Crippen LogP) is 6.72. The van der Waals surface area contributed by atoms with Crippen LogP contribution in [0.15, 0.2) is 42.5 Å². The monoisotopic (exact) mass is 369 g/mol. The number of benzene rings is 2. The van der Waals surface area contributed by atoms with E-state index in [9.17, 15) is 4.79 Å². The van der Waals surface area contributed by atoms with E-state index in [1.165, 1.54) is 61.4 Å². The summed E-state index contributed by atoms with van der Waals surface area (Å²) in [7, 11) is 0. The summed E-state index contributed by atoms with van der Waals surface area (Å²) in [5.74, 6) is -0.0467. The third-order valence-corrected chi connectivity index (χ3v) is 4.97. The van der Waals surface area contributed by atoms with Gasteiger partial charge in [-0.05, 0) is 31.2 Å². The number of esters is 1. The van der Waals surface area contributed by atoms with Crippen LogP contribution in [0.1, 0.15) is 71.1 Å². The van der Waals surface area contributed by atoms with Crippen molar-refractivity contribution in [3.63, 3.8) is 0 Å².